The van der Waals surface area contributed by atoms with Gasteiger partial charge in [-0.1, -0.05) is 61.2 Å². The average molecular weight is 450 g/mol. The van der Waals surface area contributed by atoms with Gasteiger partial charge in [-0.05, 0) is 18.6 Å². The molecule has 28 heavy (non-hydrogen) atoms. The number of para-hydroxylation sites is 1. The van der Waals surface area contributed by atoms with Gasteiger partial charge >= 0.3 is 0 Å². The first kappa shape index (κ1) is 19.8. The fourth-order valence-corrected chi connectivity index (χ4v) is 6.91. The van der Waals surface area contributed by atoms with Crippen molar-refractivity contribution in [1.29, 1.82) is 0 Å². The van der Waals surface area contributed by atoms with Crippen LogP contribution in [0.3, 0.4) is 0 Å². The van der Waals surface area contributed by atoms with Crippen molar-refractivity contribution >= 4 is 72.9 Å². The van der Waals surface area contributed by atoms with Crippen LogP contribution in [0.5, 0.6) is 0 Å². The highest BCUT2D eigenvalue weighted by Crippen LogP contribution is 2.45. The zero-order valence-electron chi connectivity index (χ0n) is 15.7. The van der Waals surface area contributed by atoms with Crippen LogP contribution in [0.4, 0.5) is 5.69 Å². The van der Waals surface area contributed by atoms with Crippen LogP contribution in [-0.2, 0) is 11.3 Å². The predicted molar refractivity (Wildman–Crippen MR) is 123 cm³/mol. The molecule has 1 aromatic heterocycles. The number of benzene rings is 1. The molecule has 1 saturated heterocycles. The second kappa shape index (κ2) is 7.70. The first-order chi connectivity index (χ1) is 13.4. The van der Waals surface area contributed by atoms with Crippen LogP contribution in [0.25, 0.3) is 9.93 Å². The Balaban J connectivity index is 1.98. The van der Waals surface area contributed by atoms with E-state index in [0.29, 0.717) is 25.0 Å². The molecule has 9 heteroatoms. The summed E-state index contributed by atoms with van der Waals surface area (Å²) in [5.74, 6) is -0.131. The number of hydrogen-bond acceptors (Lipinski definition) is 7. The van der Waals surface area contributed by atoms with E-state index in [1.165, 1.54) is 28.0 Å². The number of rotatable bonds is 3. The van der Waals surface area contributed by atoms with E-state index in [0.717, 1.165) is 28.5 Å². The summed E-state index contributed by atoms with van der Waals surface area (Å²) in [4.78, 5) is 31.2. The van der Waals surface area contributed by atoms with E-state index < -0.39 is 0 Å². The lowest BCUT2D eigenvalue weighted by molar-refractivity contribution is -0.119. The Morgan fingerprint density at radius 3 is 2.46 bits per heavy atom. The lowest BCUT2D eigenvalue weighted by atomic mass is 10.3. The third-order valence-electron chi connectivity index (χ3n) is 4.71. The van der Waals surface area contributed by atoms with E-state index in [-0.39, 0.29) is 11.5 Å². The Labute approximate surface area is 180 Å². The van der Waals surface area contributed by atoms with Gasteiger partial charge in [0.1, 0.15) is 23.4 Å². The maximum absolute atomic E-state index is 13.3. The lowest BCUT2D eigenvalue weighted by Gasteiger charge is -2.11. The summed E-state index contributed by atoms with van der Waals surface area (Å²) in [6.07, 6.45) is 1.86. The SMILES string of the molecule is CCCCn1c(=C2SC(=S)N(C)C2=O)sc(=C2Sc3ccccc3N2C)c1=O. The highest BCUT2D eigenvalue weighted by atomic mass is 32.2. The molecule has 0 atom stereocenters. The number of unbranched alkanes of at least 4 members (excludes halogenated alkanes) is 1. The minimum absolute atomic E-state index is 0.0306. The van der Waals surface area contributed by atoms with Crippen LogP contribution in [0, 0.1) is 0 Å². The predicted octanol–water partition coefficient (Wildman–Crippen LogP) is 2.62. The van der Waals surface area contributed by atoms with E-state index >= 15 is 0 Å². The van der Waals surface area contributed by atoms with E-state index in [4.69, 9.17) is 12.2 Å². The Kier molecular flexibility index (Phi) is 5.43. The third kappa shape index (κ3) is 3.14. The van der Waals surface area contributed by atoms with Crippen molar-refractivity contribution < 1.29 is 4.79 Å². The van der Waals surface area contributed by atoms with Crippen molar-refractivity contribution in [3.63, 3.8) is 0 Å². The first-order valence-corrected chi connectivity index (χ1v) is 11.8. The van der Waals surface area contributed by atoms with Gasteiger partial charge in [-0.15, -0.1) is 11.3 Å². The molecule has 2 aromatic rings. The number of hydrogen-bond donors (Lipinski definition) is 0. The number of thioether (sulfide) groups is 2. The number of amides is 1. The van der Waals surface area contributed by atoms with Gasteiger partial charge in [-0.2, -0.15) is 0 Å². The molecule has 5 nitrogen and oxygen atoms in total. The summed E-state index contributed by atoms with van der Waals surface area (Å²) in [6, 6.07) is 8.12. The molecule has 2 aliphatic rings. The minimum Gasteiger partial charge on any atom is -0.337 e. The van der Waals surface area contributed by atoms with Crippen molar-refractivity contribution in [1.82, 2.24) is 9.47 Å². The monoisotopic (exact) mass is 449 g/mol. The van der Waals surface area contributed by atoms with Crippen LogP contribution in [0.15, 0.2) is 34.0 Å². The highest BCUT2D eigenvalue weighted by molar-refractivity contribution is 8.30. The first-order valence-electron chi connectivity index (χ1n) is 8.92. The van der Waals surface area contributed by atoms with Gasteiger partial charge in [-0.3, -0.25) is 19.1 Å². The zero-order valence-corrected chi connectivity index (χ0v) is 19.0. The molecule has 0 N–H and O–H groups in total. The summed E-state index contributed by atoms with van der Waals surface area (Å²) >= 11 is 9.57. The molecular formula is C19H19N3O2S4. The van der Waals surface area contributed by atoms with Crippen molar-refractivity contribution in [3.8, 4) is 0 Å². The van der Waals surface area contributed by atoms with Gasteiger partial charge in [0.15, 0.2) is 0 Å². The third-order valence-corrected chi connectivity index (χ3v) is 8.94. The number of aromatic nitrogens is 1. The number of nitrogens with zero attached hydrogens (tertiary/aromatic N) is 3. The molecule has 0 spiro atoms. The van der Waals surface area contributed by atoms with Crippen LogP contribution in [-0.4, -0.2) is 33.8 Å². The molecule has 1 amide bonds. The Bertz CT molecular complexity index is 1160. The van der Waals surface area contributed by atoms with Crippen molar-refractivity contribution in [3.05, 3.63) is 43.8 Å². The summed E-state index contributed by atoms with van der Waals surface area (Å²) in [7, 11) is 3.66. The standard InChI is InChI=1S/C19H19N3O2S4/c1-4-5-10-22-16(24)14(17-20(2)11-8-6-7-9-12(11)26-17)27-18(22)13-15(23)21(3)19(25)28-13/h6-9H,4-5,10H2,1-3H3. The van der Waals surface area contributed by atoms with Crippen LogP contribution >= 0.6 is 47.1 Å². The average Bonchev–Trinajstić information content (AvgIpc) is 3.28. The van der Waals surface area contributed by atoms with Crippen molar-refractivity contribution in [2.24, 2.45) is 0 Å². The summed E-state index contributed by atoms with van der Waals surface area (Å²) < 4.78 is 3.68. The Hall–Kier alpha value is -1.55. The summed E-state index contributed by atoms with van der Waals surface area (Å²) in [5, 5.41) is 0.916. The van der Waals surface area contributed by atoms with Crippen LogP contribution in [0.1, 0.15) is 19.8 Å². The molecule has 3 heterocycles. The molecule has 0 bridgehead atoms. The largest absolute Gasteiger partial charge is 0.337 e. The van der Waals surface area contributed by atoms with Crippen LogP contribution in [0.2, 0.25) is 0 Å². The second-order valence-corrected chi connectivity index (χ2v) is 10.2. The fourth-order valence-electron chi connectivity index (χ4n) is 3.10. The van der Waals surface area contributed by atoms with Gasteiger partial charge < -0.3 is 4.90 Å². The molecule has 2 aliphatic heterocycles. The zero-order chi connectivity index (χ0) is 20.0. The quantitative estimate of drug-likeness (QED) is 0.672. The molecule has 1 aromatic carbocycles. The molecule has 0 saturated carbocycles. The second-order valence-electron chi connectivity index (χ2n) is 6.54. The number of thiazole rings is 1. The molecule has 0 radical (unpaired) electrons. The Morgan fingerprint density at radius 1 is 1.07 bits per heavy atom. The van der Waals surface area contributed by atoms with Crippen molar-refractivity contribution in [2.45, 2.75) is 31.2 Å². The summed E-state index contributed by atoms with van der Waals surface area (Å²) in [5.41, 5.74) is 1.06. The van der Waals surface area contributed by atoms with Gasteiger partial charge in [-0.25, -0.2) is 0 Å². The highest BCUT2D eigenvalue weighted by Gasteiger charge is 2.32. The number of carbonyl (C=O) groups excluding carboxylic acids is 1. The molecule has 1 fully saturated rings. The summed E-state index contributed by atoms with van der Waals surface area (Å²) in [6.45, 7) is 2.69. The number of carbonyl (C=O) groups is 1. The van der Waals surface area contributed by atoms with Crippen molar-refractivity contribution in [2.75, 3.05) is 19.0 Å². The van der Waals surface area contributed by atoms with Crippen LogP contribution < -0.4 is 19.7 Å². The molecule has 0 aliphatic carbocycles. The maximum atomic E-state index is 13.3. The number of anilines is 1. The number of thiocarbonyl (C=S) groups is 1. The molecule has 0 unspecified atom stereocenters. The van der Waals surface area contributed by atoms with E-state index in [1.54, 1.807) is 23.4 Å². The number of fused-ring (bicyclic) bond motifs is 1. The fraction of sp³-hybridized carbons (Fsp3) is 0.316. The minimum atomic E-state index is -0.131. The van der Waals surface area contributed by atoms with Gasteiger partial charge in [0.05, 0.1) is 5.69 Å². The van der Waals surface area contributed by atoms with E-state index in [2.05, 4.69) is 24.0 Å². The smallest absolute Gasteiger partial charge is 0.271 e. The molecular weight excluding hydrogens is 430 g/mol. The molecule has 4 rings (SSSR count). The Morgan fingerprint density at radius 2 is 1.82 bits per heavy atom. The topological polar surface area (TPSA) is 45.6 Å². The van der Waals surface area contributed by atoms with Gasteiger partial charge in [0.25, 0.3) is 11.5 Å². The normalized spacial score (nSPS) is 20.4. The lowest BCUT2D eigenvalue weighted by Crippen LogP contribution is -2.35. The van der Waals surface area contributed by atoms with Gasteiger partial charge in [0.2, 0.25) is 0 Å². The molecule has 146 valence electrons. The van der Waals surface area contributed by atoms with E-state index in [1.807, 2.05) is 19.2 Å². The van der Waals surface area contributed by atoms with Gasteiger partial charge in [0, 0.05) is 25.5 Å². The van der Waals surface area contributed by atoms with E-state index in [9.17, 15) is 9.59 Å². The maximum Gasteiger partial charge on any atom is 0.271 e.